The molecule has 0 aromatic heterocycles. The van der Waals surface area contributed by atoms with E-state index in [1.165, 1.54) is 11.1 Å². The molecule has 0 aliphatic carbocycles. The second-order valence-corrected chi connectivity index (χ2v) is 2.42. The van der Waals surface area contributed by atoms with Gasteiger partial charge in [-0.1, -0.05) is 45.0 Å². The normalized spacial score (nSPS) is 8.58. The van der Waals surface area contributed by atoms with Gasteiger partial charge < -0.3 is 0 Å². The number of hydrogen-bond donors (Lipinski definition) is 0. The van der Waals surface area contributed by atoms with Gasteiger partial charge in [0, 0.05) is 0 Å². The average molecular weight is 163 g/mol. The molecule has 0 N–H and O–H groups in total. The van der Waals surface area contributed by atoms with E-state index in [1.807, 2.05) is 13.8 Å². The molecule has 0 unspecified atom stereocenters. The Morgan fingerprint density at radius 1 is 1.00 bits per heavy atom. The van der Waals surface area contributed by atoms with E-state index in [0.717, 1.165) is 12.8 Å². The smallest absolute Gasteiger partial charge is 0.0683 e. The monoisotopic (exact) mass is 163 g/mol. The largest absolute Gasteiger partial charge is 0.110 e. The van der Waals surface area contributed by atoms with E-state index in [9.17, 15) is 0 Å². The van der Waals surface area contributed by atoms with Crippen molar-refractivity contribution in [2.75, 3.05) is 0 Å². The van der Waals surface area contributed by atoms with Gasteiger partial charge in [-0.3, -0.25) is 0 Å². The van der Waals surface area contributed by atoms with Crippen molar-refractivity contribution in [3.63, 3.8) is 0 Å². The van der Waals surface area contributed by atoms with Gasteiger partial charge >= 0.3 is 0 Å². The van der Waals surface area contributed by atoms with Crippen LogP contribution in [0.4, 0.5) is 0 Å². The average Bonchev–Trinajstić information content (AvgIpc) is 2.21. The van der Waals surface area contributed by atoms with Gasteiger partial charge in [-0.05, 0) is 17.5 Å². The fourth-order valence-corrected chi connectivity index (χ4v) is 0.942. The lowest BCUT2D eigenvalue weighted by Crippen LogP contribution is -1.82. The Labute approximate surface area is 76.6 Å². The van der Waals surface area contributed by atoms with Crippen molar-refractivity contribution in [1.29, 1.82) is 0 Å². The molecule has 0 heteroatoms. The van der Waals surface area contributed by atoms with E-state index < -0.39 is 0 Å². The SMILES string of the molecule is CC.[CH2+]Cc1ccc(CC)cc1. The fourth-order valence-electron chi connectivity index (χ4n) is 0.942. The molecular formula is C12H19+. The summed E-state index contributed by atoms with van der Waals surface area (Å²) < 4.78 is 0. The van der Waals surface area contributed by atoms with Crippen LogP contribution < -0.4 is 0 Å². The Bertz CT molecular complexity index is 161. The fraction of sp³-hybridized carbons (Fsp3) is 0.417. The third kappa shape index (κ3) is 3.47. The lowest BCUT2D eigenvalue weighted by molar-refractivity contribution is 1.13. The van der Waals surface area contributed by atoms with Crippen molar-refractivity contribution in [3.8, 4) is 0 Å². The first-order valence-corrected chi connectivity index (χ1v) is 4.74. The van der Waals surface area contributed by atoms with Crippen molar-refractivity contribution in [1.82, 2.24) is 0 Å². The van der Waals surface area contributed by atoms with Gasteiger partial charge in [0.05, 0.1) is 6.92 Å². The number of rotatable bonds is 2. The second kappa shape index (κ2) is 6.78. The minimum Gasteiger partial charge on any atom is -0.0683 e. The summed E-state index contributed by atoms with van der Waals surface area (Å²) in [5.41, 5.74) is 2.72. The first-order chi connectivity index (χ1) is 5.86. The minimum absolute atomic E-state index is 0.893. The van der Waals surface area contributed by atoms with E-state index in [0.29, 0.717) is 0 Å². The van der Waals surface area contributed by atoms with Gasteiger partial charge in [-0.15, -0.1) is 0 Å². The maximum Gasteiger partial charge on any atom is 0.110 e. The molecule has 0 bridgehead atoms. The zero-order chi connectivity index (χ0) is 9.40. The van der Waals surface area contributed by atoms with Crippen LogP contribution in [-0.2, 0) is 12.8 Å². The maximum absolute atomic E-state index is 3.81. The van der Waals surface area contributed by atoms with E-state index in [1.54, 1.807) is 0 Å². The lowest BCUT2D eigenvalue weighted by Gasteiger charge is -1.95. The van der Waals surface area contributed by atoms with Crippen molar-refractivity contribution in [3.05, 3.63) is 42.3 Å². The van der Waals surface area contributed by atoms with E-state index in [4.69, 9.17) is 0 Å². The predicted octanol–water partition coefficient (Wildman–Crippen LogP) is 3.65. The van der Waals surface area contributed by atoms with Gasteiger partial charge in [-0.2, -0.15) is 0 Å². The standard InChI is InChI=1S/C10H13.C2H6/c1-3-9-5-7-10(4-2)8-6-9;1-2/h5-8H,1,3-4H2,2H3;1-2H3/q+1;. The number of benzene rings is 1. The van der Waals surface area contributed by atoms with Gasteiger partial charge in [-0.25, -0.2) is 0 Å². The molecule has 1 aromatic carbocycles. The summed E-state index contributed by atoms with van der Waals surface area (Å²) in [4.78, 5) is 0. The maximum atomic E-state index is 3.81. The highest BCUT2D eigenvalue weighted by Crippen LogP contribution is 2.04. The summed E-state index contributed by atoms with van der Waals surface area (Å²) >= 11 is 0. The highest BCUT2D eigenvalue weighted by Gasteiger charge is 1.91. The summed E-state index contributed by atoms with van der Waals surface area (Å²) in [5, 5.41) is 0. The molecule has 0 aliphatic heterocycles. The van der Waals surface area contributed by atoms with Crippen LogP contribution in [-0.4, -0.2) is 0 Å². The molecule has 1 aromatic rings. The number of aryl methyl sites for hydroxylation is 1. The Balaban J connectivity index is 0.000000561. The Morgan fingerprint density at radius 2 is 1.42 bits per heavy atom. The third-order valence-electron chi connectivity index (χ3n) is 1.72. The molecule has 0 fully saturated rings. The Hall–Kier alpha value is -0.910. The van der Waals surface area contributed by atoms with Crippen LogP contribution >= 0.6 is 0 Å². The second-order valence-electron chi connectivity index (χ2n) is 2.42. The van der Waals surface area contributed by atoms with Gasteiger partial charge in [0.15, 0.2) is 0 Å². The van der Waals surface area contributed by atoms with Gasteiger partial charge in [0.2, 0.25) is 0 Å². The first kappa shape index (κ1) is 11.1. The van der Waals surface area contributed by atoms with Crippen LogP contribution in [0.1, 0.15) is 31.9 Å². The molecule has 0 spiro atoms. The van der Waals surface area contributed by atoms with Gasteiger partial charge in [0.1, 0.15) is 6.42 Å². The molecule has 0 saturated heterocycles. The van der Waals surface area contributed by atoms with Crippen molar-refractivity contribution in [2.45, 2.75) is 33.6 Å². The molecule has 0 radical (unpaired) electrons. The van der Waals surface area contributed by atoms with E-state index in [2.05, 4.69) is 38.1 Å². The van der Waals surface area contributed by atoms with Crippen molar-refractivity contribution < 1.29 is 0 Å². The van der Waals surface area contributed by atoms with E-state index in [-0.39, 0.29) is 0 Å². The van der Waals surface area contributed by atoms with Crippen LogP contribution in [0.3, 0.4) is 0 Å². The summed E-state index contributed by atoms with van der Waals surface area (Å²) in [5.74, 6) is 0. The zero-order valence-electron chi connectivity index (χ0n) is 8.43. The zero-order valence-corrected chi connectivity index (χ0v) is 8.43. The Kier molecular flexibility index (Phi) is 6.26. The summed E-state index contributed by atoms with van der Waals surface area (Å²) in [6.07, 6.45) is 2.02. The molecule has 12 heavy (non-hydrogen) atoms. The van der Waals surface area contributed by atoms with E-state index >= 15 is 0 Å². The third-order valence-corrected chi connectivity index (χ3v) is 1.72. The highest BCUT2D eigenvalue weighted by atomic mass is 13.9. The Morgan fingerprint density at radius 3 is 1.75 bits per heavy atom. The molecule has 0 heterocycles. The van der Waals surface area contributed by atoms with Crippen LogP contribution in [0.25, 0.3) is 0 Å². The van der Waals surface area contributed by atoms with Gasteiger partial charge in [0.25, 0.3) is 0 Å². The summed E-state index contributed by atoms with van der Waals surface area (Å²) in [6.45, 7) is 9.98. The molecule has 66 valence electrons. The predicted molar refractivity (Wildman–Crippen MR) is 56.2 cm³/mol. The lowest BCUT2D eigenvalue weighted by atomic mass is 10.1. The summed E-state index contributed by atoms with van der Waals surface area (Å²) in [6, 6.07) is 8.62. The van der Waals surface area contributed by atoms with Crippen LogP contribution in [0, 0.1) is 6.92 Å². The molecule has 0 amide bonds. The summed E-state index contributed by atoms with van der Waals surface area (Å²) in [7, 11) is 0. The molecule has 0 nitrogen and oxygen atoms in total. The minimum atomic E-state index is 0.893. The highest BCUT2D eigenvalue weighted by molar-refractivity contribution is 5.22. The topological polar surface area (TPSA) is 0 Å². The van der Waals surface area contributed by atoms with Crippen LogP contribution in [0.2, 0.25) is 0 Å². The number of hydrogen-bond acceptors (Lipinski definition) is 0. The van der Waals surface area contributed by atoms with Crippen molar-refractivity contribution >= 4 is 0 Å². The van der Waals surface area contributed by atoms with Crippen molar-refractivity contribution in [2.24, 2.45) is 0 Å². The molecule has 0 aliphatic rings. The van der Waals surface area contributed by atoms with Crippen LogP contribution in [0.15, 0.2) is 24.3 Å². The molecule has 1 rings (SSSR count). The molecular weight excluding hydrogens is 144 g/mol. The molecule has 0 atom stereocenters. The first-order valence-electron chi connectivity index (χ1n) is 4.74. The quantitative estimate of drug-likeness (QED) is 0.584. The molecule has 0 saturated carbocycles. The van der Waals surface area contributed by atoms with Crippen LogP contribution in [0.5, 0.6) is 0 Å².